The Morgan fingerprint density at radius 2 is 1.83 bits per heavy atom. The van der Waals surface area contributed by atoms with Crippen LogP contribution in [0.4, 0.5) is 0 Å². The molecule has 1 unspecified atom stereocenters. The van der Waals surface area contributed by atoms with Crippen LogP contribution >= 0.6 is 0 Å². The lowest BCUT2D eigenvalue weighted by Crippen LogP contribution is -2.23. The minimum Gasteiger partial charge on any atom is -0.428 e. The summed E-state index contributed by atoms with van der Waals surface area (Å²) >= 11 is 0. The van der Waals surface area contributed by atoms with Crippen LogP contribution in [-0.2, 0) is 19.3 Å². The van der Waals surface area contributed by atoms with E-state index >= 15 is 0 Å². The summed E-state index contributed by atoms with van der Waals surface area (Å²) in [5, 5.41) is 0. The van der Waals surface area contributed by atoms with Gasteiger partial charge in [0.15, 0.2) is 0 Å². The van der Waals surface area contributed by atoms with Gasteiger partial charge in [-0.05, 0) is 25.5 Å². The van der Waals surface area contributed by atoms with E-state index in [1.165, 1.54) is 0 Å². The molecule has 1 aromatic rings. The molecular formula is C18H24O5. The highest BCUT2D eigenvalue weighted by molar-refractivity contribution is 5.89. The first-order valence-corrected chi connectivity index (χ1v) is 7.83. The SMILES string of the molecule is C=C(C)C(=O)OC(CCCCCC)OOC(=O)c1ccccc1. The minimum atomic E-state index is -0.927. The van der Waals surface area contributed by atoms with E-state index in [0.717, 1.165) is 25.7 Å². The summed E-state index contributed by atoms with van der Waals surface area (Å²) in [4.78, 5) is 33.3. The molecule has 0 aliphatic heterocycles. The van der Waals surface area contributed by atoms with E-state index in [9.17, 15) is 9.59 Å². The van der Waals surface area contributed by atoms with E-state index in [1.54, 1.807) is 37.3 Å². The number of benzene rings is 1. The Kier molecular flexibility index (Phi) is 8.68. The fourth-order valence-corrected chi connectivity index (χ4v) is 1.80. The van der Waals surface area contributed by atoms with Crippen molar-refractivity contribution in [1.82, 2.24) is 0 Å². The molecule has 1 aromatic carbocycles. The molecule has 0 radical (unpaired) electrons. The molecule has 5 heteroatoms. The number of rotatable bonds is 10. The molecule has 126 valence electrons. The van der Waals surface area contributed by atoms with Crippen molar-refractivity contribution in [2.45, 2.75) is 52.2 Å². The van der Waals surface area contributed by atoms with Crippen LogP contribution in [0.15, 0.2) is 42.5 Å². The molecule has 5 nitrogen and oxygen atoms in total. The summed E-state index contributed by atoms with van der Waals surface area (Å²) in [7, 11) is 0. The predicted octanol–water partition coefficient (Wildman–Crippen LogP) is 4.19. The molecule has 1 rings (SSSR count). The summed E-state index contributed by atoms with van der Waals surface area (Å²) in [5.74, 6) is -1.20. The summed E-state index contributed by atoms with van der Waals surface area (Å²) in [5.41, 5.74) is 0.630. The molecule has 0 N–H and O–H groups in total. The van der Waals surface area contributed by atoms with Gasteiger partial charge in [-0.1, -0.05) is 51.0 Å². The Bertz CT molecular complexity index is 509. The Morgan fingerprint density at radius 1 is 1.13 bits per heavy atom. The lowest BCUT2D eigenvalue weighted by molar-refractivity contribution is -0.331. The fourth-order valence-electron chi connectivity index (χ4n) is 1.80. The number of esters is 1. The molecule has 0 spiro atoms. The van der Waals surface area contributed by atoms with Crippen molar-refractivity contribution in [2.24, 2.45) is 0 Å². The van der Waals surface area contributed by atoms with Gasteiger partial charge in [0.05, 0.1) is 5.56 Å². The number of unbranched alkanes of at least 4 members (excludes halogenated alkanes) is 3. The highest BCUT2D eigenvalue weighted by Gasteiger charge is 2.19. The molecule has 0 amide bonds. The van der Waals surface area contributed by atoms with Gasteiger partial charge in [0, 0.05) is 12.0 Å². The van der Waals surface area contributed by atoms with Gasteiger partial charge in [-0.25, -0.2) is 9.59 Å². The van der Waals surface area contributed by atoms with Crippen molar-refractivity contribution >= 4 is 11.9 Å². The largest absolute Gasteiger partial charge is 0.428 e. The van der Waals surface area contributed by atoms with Crippen LogP contribution in [0, 0.1) is 0 Å². The maximum atomic E-state index is 11.8. The molecule has 0 aromatic heterocycles. The zero-order valence-electron chi connectivity index (χ0n) is 13.7. The molecule has 0 bridgehead atoms. The van der Waals surface area contributed by atoms with Gasteiger partial charge in [0.2, 0.25) is 6.29 Å². The fraction of sp³-hybridized carbons (Fsp3) is 0.444. The lowest BCUT2D eigenvalue weighted by atomic mass is 10.1. The summed E-state index contributed by atoms with van der Waals surface area (Å²) in [6.45, 7) is 7.18. The topological polar surface area (TPSA) is 61.8 Å². The van der Waals surface area contributed by atoms with E-state index in [0.29, 0.717) is 12.0 Å². The van der Waals surface area contributed by atoms with E-state index < -0.39 is 18.2 Å². The van der Waals surface area contributed by atoms with Crippen molar-refractivity contribution < 1.29 is 24.1 Å². The maximum Gasteiger partial charge on any atom is 0.373 e. The zero-order valence-corrected chi connectivity index (χ0v) is 13.7. The third-order valence-electron chi connectivity index (χ3n) is 3.12. The standard InChI is InChI=1S/C18H24O5/c1-4-5-6-10-13-16(21-17(19)14(2)3)22-23-18(20)15-11-8-7-9-12-15/h7-9,11-12,16H,2,4-6,10,13H2,1,3H3. The summed E-state index contributed by atoms with van der Waals surface area (Å²) < 4.78 is 5.14. The van der Waals surface area contributed by atoms with Gasteiger partial charge >= 0.3 is 11.9 Å². The van der Waals surface area contributed by atoms with Gasteiger partial charge < -0.3 is 4.74 Å². The molecule has 0 fully saturated rings. The van der Waals surface area contributed by atoms with Crippen LogP contribution in [-0.4, -0.2) is 18.2 Å². The highest BCUT2D eigenvalue weighted by Crippen LogP contribution is 2.13. The second-order valence-electron chi connectivity index (χ2n) is 5.30. The van der Waals surface area contributed by atoms with E-state index in [4.69, 9.17) is 14.5 Å². The van der Waals surface area contributed by atoms with Gasteiger partial charge in [0.1, 0.15) is 0 Å². The zero-order chi connectivity index (χ0) is 17.1. The maximum absolute atomic E-state index is 11.8. The normalized spacial score (nSPS) is 11.6. The van der Waals surface area contributed by atoms with Crippen molar-refractivity contribution in [3.63, 3.8) is 0 Å². The Balaban J connectivity index is 2.51. The third-order valence-corrected chi connectivity index (χ3v) is 3.12. The molecule has 0 aliphatic rings. The monoisotopic (exact) mass is 320 g/mol. The quantitative estimate of drug-likeness (QED) is 0.161. The van der Waals surface area contributed by atoms with E-state index in [2.05, 4.69) is 13.5 Å². The summed E-state index contributed by atoms with van der Waals surface area (Å²) in [6, 6.07) is 8.46. The molecule has 0 saturated heterocycles. The molecule has 23 heavy (non-hydrogen) atoms. The average Bonchev–Trinajstić information content (AvgIpc) is 2.56. The van der Waals surface area contributed by atoms with E-state index in [-0.39, 0.29) is 5.57 Å². The lowest BCUT2D eigenvalue weighted by Gasteiger charge is -2.16. The minimum absolute atomic E-state index is 0.265. The van der Waals surface area contributed by atoms with Crippen molar-refractivity contribution in [1.29, 1.82) is 0 Å². The summed E-state index contributed by atoms with van der Waals surface area (Å²) in [6.07, 6.45) is 3.52. The number of hydrogen-bond acceptors (Lipinski definition) is 5. The second kappa shape index (κ2) is 10.6. The van der Waals surface area contributed by atoms with Crippen molar-refractivity contribution in [2.75, 3.05) is 0 Å². The first-order chi connectivity index (χ1) is 11.0. The van der Waals surface area contributed by atoms with Gasteiger partial charge in [-0.3, -0.25) is 4.89 Å². The Labute approximate surface area is 137 Å². The van der Waals surface area contributed by atoms with Crippen molar-refractivity contribution in [3.8, 4) is 0 Å². The average molecular weight is 320 g/mol. The molecular weight excluding hydrogens is 296 g/mol. The van der Waals surface area contributed by atoms with Gasteiger partial charge in [-0.2, -0.15) is 0 Å². The van der Waals surface area contributed by atoms with Crippen LogP contribution in [0.5, 0.6) is 0 Å². The van der Waals surface area contributed by atoms with Crippen molar-refractivity contribution in [3.05, 3.63) is 48.0 Å². The van der Waals surface area contributed by atoms with Gasteiger partial charge in [0.25, 0.3) is 0 Å². The number of carbonyl (C=O) groups is 2. The third kappa shape index (κ3) is 7.61. The molecule has 1 atom stereocenters. The first-order valence-electron chi connectivity index (χ1n) is 7.83. The second-order valence-corrected chi connectivity index (χ2v) is 5.30. The van der Waals surface area contributed by atoms with Crippen LogP contribution in [0.1, 0.15) is 56.3 Å². The van der Waals surface area contributed by atoms with Gasteiger partial charge in [-0.15, -0.1) is 4.89 Å². The number of carbonyl (C=O) groups excluding carboxylic acids is 2. The molecule has 0 aliphatic carbocycles. The number of ether oxygens (including phenoxy) is 1. The predicted molar refractivity (Wildman–Crippen MR) is 86.4 cm³/mol. The first kappa shape index (κ1) is 18.9. The van der Waals surface area contributed by atoms with Crippen LogP contribution in [0.25, 0.3) is 0 Å². The van der Waals surface area contributed by atoms with Crippen LogP contribution < -0.4 is 0 Å². The number of hydrogen-bond donors (Lipinski definition) is 0. The highest BCUT2D eigenvalue weighted by atomic mass is 17.2. The Hall–Kier alpha value is -2.14. The smallest absolute Gasteiger partial charge is 0.373 e. The Morgan fingerprint density at radius 3 is 2.43 bits per heavy atom. The van der Waals surface area contributed by atoms with E-state index in [1.807, 2.05) is 0 Å². The van der Waals surface area contributed by atoms with Crippen LogP contribution in [0.3, 0.4) is 0 Å². The molecule has 0 heterocycles. The van der Waals surface area contributed by atoms with Crippen LogP contribution in [0.2, 0.25) is 0 Å². The molecule has 0 saturated carbocycles.